The third kappa shape index (κ3) is 3.97. The van der Waals surface area contributed by atoms with Crippen molar-refractivity contribution in [2.24, 2.45) is 5.73 Å². The van der Waals surface area contributed by atoms with Gasteiger partial charge in [0.25, 0.3) is 0 Å². The maximum absolute atomic E-state index is 10.1. The molecule has 0 aromatic rings. The minimum atomic E-state index is -0.900. The van der Waals surface area contributed by atoms with E-state index in [0.29, 0.717) is 6.42 Å². The number of rotatable bonds is 4. The van der Waals surface area contributed by atoms with Crippen LogP contribution in [0.5, 0.6) is 0 Å². The highest BCUT2D eigenvalue weighted by Crippen LogP contribution is 1.96. The monoisotopic (exact) mass is 131 g/mol. The minimum absolute atomic E-state index is 0.589. The van der Waals surface area contributed by atoms with Crippen molar-refractivity contribution in [3.8, 4) is 0 Å². The van der Waals surface area contributed by atoms with E-state index in [1.54, 1.807) is 0 Å². The summed E-state index contributed by atoms with van der Waals surface area (Å²) in [5.41, 5.74) is 5.20. The number of carboxylic acids is 1. The second-order valence-electron chi connectivity index (χ2n) is 2.09. The molecule has 0 saturated carbocycles. The van der Waals surface area contributed by atoms with Crippen molar-refractivity contribution < 1.29 is 9.90 Å². The maximum Gasteiger partial charge on any atom is 0.320 e. The molecule has 3 heteroatoms. The van der Waals surface area contributed by atoms with E-state index in [1.165, 1.54) is 0 Å². The van der Waals surface area contributed by atoms with Gasteiger partial charge in [0.05, 0.1) is 0 Å². The quantitative estimate of drug-likeness (QED) is 0.587. The molecule has 0 saturated heterocycles. The van der Waals surface area contributed by atoms with Crippen LogP contribution in [0.2, 0.25) is 0 Å². The van der Waals surface area contributed by atoms with Crippen LogP contribution in [0.15, 0.2) is 0 Å². The Morgan fingerprint density at radius 3 is 2.67 bits per heavy atom. The Hall–Kier alpha value is -0.570. The molecule has 3 N–H and O–H groups in total. The topological polar surface area (TPSA) is 63.3 Å². The van der Waals surface area contributed by atoms with Crippen LogP contribution < -0.4 is 5.73 Å². The summed E-state index contributed by atoms with van der Waals surface area (Å²) in [5, 5.41) is 8.28. The molecule has 0 bridgehead atoms. The lowest BCUT2D eigenvalue weighted by Gasteiger charge is -2.02. The van der Waals surface area contributed by atoms with E-state index in [0.717, 1.165) is 12.8 Å². The molecule has 1 atom stereocenters. The standard InChI is InChI=1S/C6H13NO2/c1-2-3-4-5(7)6(8)9/h5H,2-4,7H2,1H3,(H,8,9). The van der Waals surface area contributed by atoms with Crippen LogP contribution in [-0.4, -0.2) is 17.1 Å². The van der Waals surface area contributed by atoms with Gasteiger partial charge in [-0.2, -0.15) is 0 Å². The van der Waals surface area contributed by atoms with Gasteiger partial charge in [0.15, 0.2) is 0 Å². The molecule has 0 radical (unpaired) electrons. The van der Waals surface area contributed by atoms with Gasteiger partial charge in [0.2, 0.25) is 0 Å². The number of hydrogen-bond acceptors (Lipinski definition) is 2. The number of hydrogen-bond donors (Lipinski definition) is 2. The Kier molecular flexibility index (Phi) is 4.05. The Morgan fingerprint density at radius 2 is 2.33 bits per heavy atom. The van der Waals surface area contributed by atoms with Gasteiger partial charge in [0, 0.05) is 0 Å². The fraction of sp³-hybridized carbons (Fsp3) is 0.833. The van der Waals surface area contributed by atoms with E-state index in [-0.39, 0.29) is 0 Å². The molecule has 0 spiro atoms. The van der Waals surface area contributed by atoms with Crippen LogP contribution >= 0.6 is 0 Å². The van der Waals surface area contributed by atoms with E-state index in [2.05, 4.69) is 0 Å². The van der Waals surface area contributed by atoms with E-state index in [9.17, 15) is 4.79 Å². The molecule has 0 aromatic heterocycles. The average Bonchev–Trinajstić information content (AvgIpc) is 1.82. The summed E-state index contributed by atoms with van der Waals surface area (Å²) in [6, 6.07) is -0.662. The average molecular weight is 131 g/mol. The summed E-state index contributed by atoms with van der Waals surface area (Å²) in [7, 11) is 0. The summed E-state index contributed by atoms with van der Waals surface area (Å²) >= 11 is 0. The van der Waals surface area contributed by atoms with E-state index in [4.69, 9.17) is 10.8 Å². The van der Waals surface area contributed by atoms with Gasteiger partial charge >= 0.3 is 5.97 Å². The molecule has 0 aromatic carbocycles. The molecule has 54 valence electrons. The second kappa shape index (κ2) is 4.32. The highest BCUT2D eigenvalue weighted by atomic mass is 16.4. The number of nitrogens with two attached hydrogens (primary N) is 1. The molecule has 9 heavy (non-hydrogen) atoms. The Labute approximate surface area is 54.9 Å². The van der Waals surface area contributed by atoms with Crippen molar-refractivity contribution in [1.82, 2.24) is 0 Å². The first kappa shape index (κ1) is 8.43. The first-order valence-electron chi connectivity index (χ1n) is 3.17. The van der Waals surface area contributed by atoms with Crippen LogP contribution in [0.4, 0.5) is 0 Å². The summed E-state index contributed by atoms with van der Waals surface area (Å²) in [5.74, 6) is -0.900. The third-order valence-electron chi connectivity index (χ3n) is 1.19. The Balaban J connectivity index is 3.27. The lowest BCUT2D eigenvalue weighted by Crippen LogP contribution is -2.29. The molecule has 0 heterocycles. The smallest absolute Gasteiger partial charge is 0.320 e. The van der Waals surface area contributed by atoms with E-state index in [1.807, 2.05) is 6.92 Å². The number of unbranched alkanes of at least 4 members (excludes halogenated alkanes) is 1. The largest absolute Gasteiger partial charge is 0.480 e. The molecule has 0 aliphatic heterocycles. The Morgan fingerprint density at radius 1 is 1.78 bits per heavy atom. The van der Waals surface area contributed by atoms with Crippen LogP contribution in [0.25, 0.3) is 0 Å². The predicted octanol–water partition coefficient (Wildman–Crippen LogP) is 0.588. The van der Waals surface area contributed by atoms with Crippen LogP contribution in [0, 0.1) is 0 Å². The molecular weight excluding hydrogens is 118 g/mol. The molecule has 3 nitrogen and oxygen atoms in total. The molecule has 0 rings (SSSR count). The zero-order valence-corrected chi connectivity index (χ0v) is 5.63. The first-order chi connectivity index (χ1) is 4.18. The highest BCUT2D eigenvalue weighted by molar-refractivity contribution is 5.72. The number of carbonyl (C=O) groups is 1. The molecular formula is C6H13NO2. The van der Waals surface area contributed by atoms with Crippen LogP contribution in [-0.2, 0) is 4.79 Å². The summed E-state index contributed by atoms with van der Waals surface area (Å²) < 4.78 is 0. The zero-order valence-electron chi connectivity index (χ0n) is 5.63. The molecule has 0 aliphatic carbocycles. The first-order valence-corrected chi connectivity index (χ1v) is 3.17. The van der Waals surface area contributed by atoms with Gasteiger partial charge in [-0.3, -0.25) is 4.79 Å². The Bertz CT molecular complexity index is 93.1. The maximum atomic E-state index is 10.1. The van der Waals surface area contributed by atoms with Crippen LogP contribution in [0.3, 0.4) is 0 Å². The highest BCUT2D eigenvalue weighted by Gasteiger charge is 2.08. The number of carboxylic acid groups (broad SMARTS) is 1. The molecule has 1 unspecified atom stereocenters. The van der Waals surface area contributed by atoms with Gasteiger partial charge in [-0.25, -0.2) is 0 Å². The fourth-order valence-electron chi connectivity index (χ4n) is 0.548. The van der Waals surface area contributed by atoms with Crippen molar-refractivity contribution in [1.29, 1.82) is 0 Å². The summed E-state index contributed by atoms with van der Waals surface area (Å²) in [6.07, 6.45) is 2.49. The van der Waals surface area contributed by atoms with Crippen LogP contribution in [0.1, 0.15) is 26.2 Å². The molecule has 0 aliphatic rings. The van der Waals surface area contributed by atoms with Gasteiger partial charge < -0.3 is 10.8 Å². The third-order valence-corrected chi connectivity index (χ3v) is 1.19. The van der Waals surface area contributed by atoms with Crippen molar-refractivity contribution in [3.63, 3.8) is 0 Å². The molecule has 0 amide bonds. The second-order valence-corrected chi connectivity index (χ2v) is 2.09. The van der Waals surface area contributed by atoms with E-state index < -0.39 is 12.0 Å². The van der Waals surface area contributed by atoms with Gasteiger partial charge in [-0.05, 0) is 6.42 Å². The van der Waals surface area contributed by atoms with Crippen molar-refractivity contribution in [2.45, 2.75) is 32.2 Å². The van der Waals surface area contributed by atoms with Gasteiger partial charge in [-0.1, -0.05) is 19.8 Å². The van der Waals surface area contributed by atoms with Gasteiger partial charge in [-0.15, -0.1) is 0 Å². The van der Waals surface area contributed by atoms with Crippen molar-refractivity contribution in [3.05, 3.63) is 0 Å². The lowest BCUT2D eigenvalue weighted by molar-refractivity contribution is -0.138. The SMILES string of the molecule is CCCCC(N)C(=O)O. The normalized spacial score (nSPS) is 13.1. The summed E-state index contributed by atoms with van der Waals surface area (Å²) in [6.45, 7) is 2.01. The molecule has 0 fully saturated rings. The number of aliphatic carboxylic acids is 1. The summed E-state index contributed by atoms with van der Waals surface area (Å²) in [4.78, 5) is 10.1. The fourth-order valence-corrected chi connectivity index (χ4v) is 0.548. The van der Waals surface area contributed by atoms with Crippen molar-refractivity contribution in [2.75, 3.05) is 0 Å². The predicted molar refractivity (Wildman–Crippen MR) is 35.1 cm³/mol. The minimum Gasteiger partial charge on any atom is -0.480 e. The lowest BCUT2D eigenvalue weighted by atomic mass is 10.1. The van der Waals surface area contributed by atoms with Crippen molar-refractivity contribution >= 4 is 5.97 Å². The van der Waals surface area contributed by atoms with Gasteiger partial charge in [0.1, 0.15) is 6.04 Å². The van der Waals surface area contributed by atoms with E-state index >= 15 is 0 Å². The zero-order chi connectivity index (χ0) is 7.28.